The van der Waals surface area contributed by atoms with Crippen molar-refractivity contribution in [3.05, 3.63) is 60.2 Å². The molecule has 0 aromatic heterocycles. The van der Waals surface area contributed by atoms with Gasteiger partial charge in [-0.3, -0.25) is 4.90 Å². The fourth-order valence-electron chi connectivity index (χ4n) is 2.73. The molecule has 0 aliphatic carbocycles. The van der Waals surface area contributed by atoms with Crippen molar-refractivity contribution in [2.45, 2.75) is 12.6 Å². The van der Waals surface area contributed by atoms with Gasteiger partial charge in [-0.2, -0.15) is 0 Å². The lowest BCUT2D eigenvalue weighted by Crippen LogP contribution is -2.46. The van der Waals surface area contributed by atoms with Gasteiger partial charge in [0.05, 0.1) is 25.9 Å². The molecule has 1 atom stereocenters. The van der Waals surface area contributed by atoms with E-state index in [1.165, 1.54) is 16.7 Å². The van der Waals surface area contributed by atoms with E-state index >= 15 is 0 Å². The maximum absolute atomic E-state index is 9.41. The summed E-state index contributed by atoms with van der Waals surface area (Å²) >= 11 is 0. The standard InChI is InChI=1S/C18H21NO2/c20-13-18-14-21-11-10-19(18)12-15-6-8-17(9-7-15)16-4-2-1-3-5-16/h1-9,18,20H,10-14H2. The highest BCUT2D eigenvalue weighted by molar-refractivity contribution is 5.63. The van der Waals surface area contributed by atoms with E-state index in [1.807, 2.05) is 6.07 Å². The Morgan fingerprint density at radius 2 is 1.71 bits per heavy atom. The largest absolute Gasteiger partial charge is 0.395 e. The first-order valence-electron chi connectivity index (χ1n) is 7.44. The van der Waals surface area contributed by atoms with Crippen LogP contribution in [0.3, 0.4) is 0 Å². The maximum Gasteiger partial charge on any atom is 0.0644 e. The van der Waals surface area contributed by atoms with Gasteiger partial charge < -0.3 is 9.84 Å². The van der Waals surface area contributed by atoms with Gasteiger partial charge in [0, 0.05) is 13.1 Å². The van der Waals surface area contributed by atoms with Crippen LogP contribution in [0.4, 0.5) is 0 Å². The first kappa shape index (κ1) is 14.3. The number of morpholine rings is 1. The van der Waals surface area contributed by atoms with Crippen molar-refractivity contribution in [2.24, 2.45) is 0 Å². The van der Waals surface area contributed by atoms with Crippen molar-refractivity contribution in [1.29, 1.82) is 0 Å². The Bertz CT molecular complexity index is 553. The van der Waals surface area contributed by atoms with Crippen molar-refractivity contribution >= 4 is 0 Å². The fraction of sp³-hybridized carbons (Fsp3) is 0.333. The normalized spacial score (nSPS) is 19.6. The Labute approximate surface area is 125 Å². The zero-order chi connectivity index (χ0) is 14.5. The van der Waals surface area contributed by atoms with E-state index < -0.39 is 0 Å². The lowest BCUT2D eigenvalue weighted by molar-refractivity contribution is -0.0312. The number of aliphatic hydroxyl groups excluding tert-OH is 1. The van der Waals surface area contributed by atoms with Crippen LogP contribution in [0.1, 0.15) is 5.56 Å². The van der Waals surface area contributed by atoms with Crippen molar-refractivity contribution < 1.29 is 9.84 Å². The first-order chi connectivity index (χ1) is 10.4. The molecule has 0 amide bonds. The molecular weight excluding hydrogens is 262 g/mol. The second-order valence-electron chi connectivity index (χ2n) is 5.44. The van der Waals surface area contributed by atoms with Crippen LogP contribution >= 0.6 is 0 Å². The lowest BCUT2D eigenvalue weighted by atomic mass is 10.0. The van der Waals surface area contributed by atoms with E-state index in [0.717, 1.165) is 19.7 Å². The van der Waals surface area contributed by atoms with Crippen molar-refractivity contribution in [3.63, 3.8) is 0 Å². The van der Waals surface area contributed by atoms with Gasteiger partial charge in [0.25, 0.3) is 0 Å². The first-order valence-corrected chi connectivity index (χ1v) is 7.44. The van der Waals surface area contributed by atoms with Gasteiger partial charge in [-0.25, -0.2) is 0 Å². The zero-order valence-electron chi connectivity index (χ0n) is 12.1. The molecule has 2 aromatic carbocycles. The lowest BCUT2D eigenvalue weighted by Gasteiger charge is -2.34. The summed E-state index contributed by atoms with van der Waals surface area (Å²) in [4.78, 5) is 2.29. The van der Waals surface area contributed by atoms with Crippen LogP contribution in [0, 0.1) is 0 Å². The summed E-state index contributed by atoms with van der Waals surface area (Å²) in [6, 6.07) is 19.2. The molecular formula is C18H21NO2. The summed E-state index contributed by atoms with van der Waals surface area (Å²) in [5, 5.41) is 9.41. The van der Waals surface area contributed by atoms with Gasteiger partial charge in [0.2, 0.25) is 0 Å². The van der Waals surface area contributed by atoms with Crippen LogP contribution in [-0.4, -0.2) is 42.4 Å². The van der Waals surface area contributed by atoms with Crippen LogP contribution in [-0.2, 0) is 11.3 Å². The minimum atomic E-state index is 0.118. The van der Waals surface area contributed by atoms with E-state index in [0.29, 0.717) is 6.61 Å². The summed E-state index contributed by atoms with van der Waals surface area (Å²) in [6.45, 7) is 3.27. The SMILES string of the molecule is OCC1COCCN1Cc1ccc(-c2ccccc2)cc1. The van der Waals surface area contributed by atoms with Crippen LogP contribution in [0.15, 0.2) is 54.6 Å². The quantitative estimate of drug-likeness (QED) is 0.936. The van der Waals surface area contributed by atoms with Gasteiger partial charge in [-0.05, 0) is 16.7 Å². The molecule has 1 N–H and O–H groups in total. The van der Waals surface area contributed by atoms with Gasteiger partial charge in [-0.15, -0.1) is 0 Å². The minimum Gasteiger partial charge on any atom is -0.395 e. The predicted octanol–water partition coefficient (Wildman–Crippen LogP) is 2.55. The van der Waals surface area contributed by atoms with Gasteiger partial charge in [-0.1, -0.05) is 54.6 Å². The summed E-state index contributed by atoms with van der Waals surface area (Å²) in [5.41, 5.74) is 3.75. The smallest absolute Gasteiger partial charge is 0.0644 e. The Kier molecular flexibility index (Phi) is 4.65. The maximum atomic E-state index is 9.41. The molecule has 1 fully saturated rings. The number of hydrogen-bond acceptors (Lipinski definition) is 3. The Morgan fingerprint density at radius 1 is 1.00 bits per heavy atom. The molecule has 110 valence electrons. The molecule has 0 saturated carbocycles. The minimum absolute atomic E-state index is 0.118. The van der Waals surface area contributed by atoms with Crippen LogP contribution < -0.4 is 0 Å². The molecule has 1 unspecified atom stereocenters. The number of aliphatic hydroxyl groups is 1. The molecule has 0 bridgehead atoms. The van der Waals surface area contributed by atoms with Crippen molar-refractivity contribution in [2.75, 3.05) is 26.4 Å². The molecule has 1 heterocycles. The number of nitrogens with zero attached hydrogens (tertiary/aromatic N) is 1. The molecule has 1 saturated heterocycles. The van der Waals surface area contributed by atoms with E-state index in [1.54, 1.807) is 0 Å². The van der Waals surface area contributed by atoms with E-state index in [4.69, 9.17) is 4.74 Å². The topological polar surface area (TPSA) is 32.7 Å². The Hall–Kier alpha value is -1.68. The molecule has 1 aliphatic heterocycles. The number of hydrogen-bond donors (Lipinski definition) is 1. The Morgan fingerprint density at radius 3 is 2.43 bits per heavy atom. The monoisotopic (exact) mass is 283 g/mol. The van der Waals surface area contributed by atoms with Crippen LogP contribution in [0.5, 0.6) is 0 Å². The molecule has 3 heteroatoms. The molecule has 21 heavy (non-hydrogen) atoms. The zero-order valence-corrected chi connectivity index (χ0v) is 12.1. The van der Waals surface area contributed by atoms with Gasteiger partial charge >= 0.3 is 0 Å². The van der Waals surface area contributed by atoms with E-state index in [9.17, 15) is 5.11 Å². The van der Waals surface area contributed by atoms with Gasteiger partial charge in [0.15, 0.2) is 0 Å². The third-order valence-electron chi connectivity index (χ3n) is 4.01. The third kappa shape index (κ3) is 3.50. The van der Waals surface area contributed by atoms with Crippen molar-refractivity contribution in [1.82, 2.24) is 4.90 Å². The summed E-state index contributed by atoms with van der Waals surface area (Å²) in [6.07, 6.45) is 0. The molecule has 0 radical (unpaired) electrons. The van der Waals surface area contributed by atoms with Gasteiger partial charge in [0.1, 0.15) is 0 Å². The Balaban J connectivity index is 1.69. The highest BCUT2D eigenvalue weighted by Crippen LogP contribution is 2.20. The number of rotatable bonds is 4. The third-order valence-corrected chi connectivity index (χ3v) is 4.01. The molecule has 3 rings (SSSR count). The van der Waals surface area contributed by atoms with Crippen molar-refractivity contribution in [3.8, 4) is 11.1 Å². The fourth-order valence-corrected chi connectivity index (χ4v) is 2.73. The molecule has 0 spiro atoms. The summed E-state index contributed by atoms with van der Waals surface area (Å²) in [7, 11) is 0. The summed E-state index contributed by atoms with van der Waals surface area (Å²) < 4.78 is 5.42. The number of benzene rings is 2. The predicted molar refractivity (Wildman–Crippen MR) is 84.0 cm³/mol. The molecule has 2 aromatic rings. The molecule has 3 nitrogen and oxygen atoms in total. The molecule has 1 aliphatic rings. The number of ether oxygens (including phenoxy) is 1. The average Bonchev–Trinajstić information content (AvgIpc) is 2.57. The average molecular weight is 283 g/mol. The summed E-state index contributed by atoms with van der Waals surface area (Å²) in [5.74, 6) is 0. The van der Waals surface area contributed by atoms with E-state index in [-0.39, 0.29) is 12.6 Å². The highest BCUT2D eigenvalue weighted by Gasteiger charge is 2.21. The van der Waals surface area contributed by atoms with Crippen LogP contribution in [0.25, 0.3) is 11.1 Å². The van der Waals surface area contributed by atoms with Crippen LogP contribution in [0.2, 0.25) is 0 Å². The highest BCUT2D eigenvalue weighted by atomic mass is 16.5. The van der Waals surface area contributed by atoms with E-state index in [2.05, 4.69) is 53.4 Å². The second-order valence-corrected chi connectivity index (χ2v) is 5.44. The second kappa shape index (κ2) is 6.85.